The Kier molecular flexibility index (Phi) is 4.27. The molecule has 24 heavy (non-hydrogen) atoms. The highest BCUT2D eigenvalue weighted by molar-refractivity contribution is 5.97. The molecule has 1 aromatic carbocycles. The van der Waals surface area contributed by atoms with E-state index in [4.69, 9.17) is 4.74 Å². The van der Waals surface area contributed by atoms with Gasteiger partial charge in [-0.2, -0.15) is 0 Å². The first-order valence-electron chi connectivity index (χ1n) is 9.06. The Morgan fingerprint density at radius 1 is 1.04 bits per heavy atom. The van der Waals surface area contributed by atoms with Crippen LogP contribution in [0.4, 0.5) is 5.69 Å². The van der Waals surface area contributed by atoms with E-state index >= 15 is 0 Å². The summed E-state index contributed by atoms with van der Waals surface area (Å²) in [6.45, 7) is 1.29. The molecule has 5 heteroatoms. The molecule has 1 saturated heterocycles. The van der Waals surface area contributed by atoms with Gasteiger partial charge >= 0.3 is 0 Å². The first-order valence-corrected chi connectivity index (χ1v) is 9.06. The molecule has 2 aliphatic carbocycles. The zero-order valence-corrected chi connectivity index (χ0v) is 13.9. The van der Waals surface area contributed by atoms with Crippen LogP contribution in [0.15, 0.2) is 24.3 Å². The fourth-order valence-electron chi connectivity index (χ4n) is 3.80. The van der Waals surface area contributed by atoms with Gasteiger partial charge in [-0.3, -0.25) is 9.59 Å². The first-order chi connectivity index (χ1) is 11.7. The summed E-state index contributed by atoms with van der Waals surface area (Å²) in [5.74, 6) is 0.352. The number of ether oxygens (including phenoxy) is 1. The molecule has 4 rings (SSSR count). The lowest BCUT2D eigenvalue weighted by Gasteiger charge is -2.43. The highest BCUT2D eigenvalue weighted by Gasteiger charge is 2.37. The number of benzene rings is 1. The average Bonchev–Trinajstić information content (AvgIpc) is 3.46. The summed E-state index contributed by atoms with van der Waals surface area (Å²) in [4.78, 5) is 26.7. The molecule has 0 bridgehead atoms. The molecule has 128 valence electrons. The van der Waals surface area contributed by atoms with Crippen molar-refractivity contribution in [3.63, 3.8) is 0 Å². The second-order valence-corrected chi connectivity index (χ2v) is 7.10. The van der Waals surface area contributed by atoms with Crippen LogP contribution in [-0.2, 0) is 9.53 Å². The van der Waals surface area contributed by atoms with Crippen LogP contribution in [0.2, 0.25) is 0 Å². The standard InChI is InChI=1S/C19H24N2O3/c22-18(13-5-6-13)20-15-9-7-14(8-10-15)19(23)21-11-12-24-17-4-2-1-3-16(17)21/h7-10,13,16-17H,1-6,11-12H2,(H,20,22)/t16-,17-/m0/s1. The summed E-state index contributed by atoms with van der Waals surface area (Å²) in [6, 6.07) is 7.50. The summed E-state index contributed by atoms with van der Waals surface area (Å²) in [5, 5.41) is 2.91. The number of hydrogen-bond acceptors (Lipinski definition) is 3. The molecule has 2 atom stereocenters. The van der Waals surface area contributed by atoms with Crippen LogP contribution in [0.25, 0.3) is 0 Å². The summed E-state index contributed by atoms with van der Waals surface area (Å²) >= 11 is 0. The lowest BCUT2D eigenvalue weighted by atomic mass is 9.89. The molecule has 5 nitrogen and oxygen atoms in total. The zero-order chi connectivity index (χ0) is 16.5. The molecule has 1 N–H and O–H groups in total. The Hall–Kier alpha value is -1.88. The van der Waals surface area contributed by atoms with Crippen molar-refractivity contribution in [3.8, 4) is 0 Å². The van der Waals surface area contributed by atoms with Crippen LogP contribution >= 0.6 is 0 Å². The average molecular weight is 328 g/mol. The van der Waals surface area contributed by atoms with E-state index in [0.717, 1.165) is 31.4 Å². The van der Waals surface area contributed by atoms with Gasteiger partial charge in [0.15, 0.2) is 0 Å². The third kappa shape index (κ3) is 3.18. The zero-order valence-electron chi connectivity index (χ0n) is 13.9. The van der Waals surface area contributed by atoms with Crippen LogP contribution in [0.1, 0.15) is 48.9 Å². The Balaban J connectivity index is 1.44. The fraction of sp³-hybridized carbons (Fsp3) is 0.579. The third-order valence-corrected chi connectivity index (χ3v) is 5.34. The Labute approximate surface area is 142 Å². The molecule has 2 saturated carbocycles. The molecule has 0 aromatic heterocycles. The van der Waals surface area contributed by atoms with Crippen molar-refractivity contribution in [1.82, 2.24) is 4.90 Å². The van der Waals surface area contributed by atoms with Gasteiger partial charge in [-0.05, 0) is 49.9 Å². The van der Waals surface area contributed by atoms with Crippen LogP contribution in [0.3, 0.4) is 0 Å². The highest BCUT2D eigenvalue weighted by atomic mass is 16.5. The largest absolute Gasteiger partial charge is 0.374 e. The number of nitrogens with one attached hydrogen (secondary N) is 1. The number of fused-ring (bicyclic) bond motifs is 1. The summed E-state index contributed by atoms with van der Waals surface area (Å²) in [6.07, 6.45) is 6.63. The Morgan fingerprint density at radius 3 is 2.54 bits per heavy atom. The van der Waals surface area contributed by atoms with Crippen LogP contribution in [-0.4, -0.2) is 42.0 Å². The van der Waals surface area contributed by atoms with E-state index in [-0.39, 0.29) is 29.9 Å². The van der Waals surface area contributed by atoms with Crippen molar-refractivity contribution in [2.75, 3.05) is 18.5 Å². The maximum Gasteiger partial charge on any atom is 0.254 e. The van der Waals surface area contributed by atoms with E-state index in [9.17, 15) is 9.59 Å². The number of nitrogens with zero attached hydrogens (tertiary/aromatic N) is 1. The van der Waals surface area contributed by atoms with Crippen LogP contribution in [0, 0.1) is 5.92 Å². The molecule has 2 amide bonds. The van der Waals surface area contributed by atoms with Crippen molar-refractivity contribution in [1.29, 1.82) is 0 Å². The van der Waals surface area contributed by atoms with Crippen LogP contribution < -0.4 is 5.32 Å². The lowest BCUT2D eigenvalue weighted by Crippen LogP contribution is -2.54. The quantitative estimate of drug-likeness (QED) is 0.928. The fourth-order valence-corrected chi connectivity index (χ4v) is 3.80. The van der Waals surface area contributed by atoms with Gasteiger partial charge in [0, 0.05) is 23.7 Å². The van der Waals surface area contributed by atoms with Gasteiger partial charge in [0.2, 0.25) is 5.91 Å². The second-order valence-electron chi connectivity index (χ2n) is 7.10. The second kappa shape index (κ2) is 6.55. The van der Waals surface area contributed by atoms with Crippen molar-refractivity contribution in [2.24, 2.45) is 5.92 Å². The van der Waals surface area contributed by atoms with Crippen LogP contribution in [0.5, 0.6) is 0 Å². The van der Waals surface area contributed by atoms with E-state index in [1.165, 1.54) is 12.8 Å². The van der Waals surface area contributed by atoms with Gasteiger partial charge in [-0.25, -0.2) is 0 Å². The van der Waals surface area contributed by atoms with Gasteiger partial charge in [0.05, 0.1) is 18.8 Å². The maximum absolute atomic E-state index is 12.9. The highest BCUT2D eigenvalue weighted by Crippen LogP contribution is 2.31. The molecule has 1 heterocycles. The first kappa shape index (κ1) is 15.6. The number of morpholine rings is 1. The molecule has 3 fully saturated rings. The molecular formula is C19H24N2O3. The molecule has 1 aliphatic heterocycles. The van der Waals surface area contributed by atoms with Crippen molar-refractivity contribution >= 4 is 17.5 Å². The van der Waals surface area contributed by atoms with Gasteiger partial charge in [0.25, 0.3) is 5.91 Å². The van der Waals surface area contributed by atoms with E-state index in [0.29, 0.717) is 18.7 Å². The van der Waals surface area contributed by atoms with E-state index < -0.39 is 0 Å². The number of carbonyl (C=O) groups is 2. The summed E-state index contributed by atoms with van der Waals surface area (Å²) in [7, 11) is 0. The number of anilines is 1. The molecule has 0 radical (unpaired) electrons. The molecular weight excluding hydrogens is 304 g/mol. The van der Waals surface area contributed by atoms with Crippen molar-refractivity contribution in [3.05, 3.63) is 29.8 Å². The third-order valence-electron chi connectivity index (χ3n) is 5.34. The van der Waals surface area contributed by atoms with Gasteiger partial charge < -0.3 is 15.0 Å². The minimum absolute atomic E-state index is 0.0790. The Morgan fingerprint density at radius 2 is 1.79 bits per heavy atom. The smallest absolute Gasteiger partial charge is 0.254 e. The van der Waals surface area contributed by atoms with Gasteiger partial charge in [-0.15, -0.1) is 0 Å². The minimum Gasteiger partial charge on any atom is -0.374 e. The van der Waals surface area contributed by atoms with Crippen molar-refractivity contribution < 1.29 is 14.3 Å². The topological polar surface area (TPSA) is 58.6 Å². The monoisotopic (exact) mass is 328 g/mol. The molecule has 0 unspecified atom stereocenters. The number of hydrogen-bond donors (Lipinski definition) is 1. The summed E-state index contributed by atoms with van der Waals surface area (Å²) < 4.78 is 5.85. The SMILES string of the molecule is O=C(Nc1ccc(C(=O)N2CCO[C@H]3CCCC[C@@H]32)cc1)C1CC1. The maximum atomic E-state index is 12.9. The molecule has 0 spiro atoms. The Bertz CT molecular complexity index is 622. The lowest BCUT2D eigenvalue weighted by molar-refractivity contribution is -0.117. The minimum atomic E-state index is 0.0790. The van der Waals surface area contributed by atoms with Crippen molar-refractivity contribution in [2.45, 2.75) is 50.7 Å². The predicted molar refractivity (Wildman–Crippen MR) is 90.8 cm³/mol. The van der Waals surface area contributed by atoms with Gasteiger partial charge in [-0.1, -0.05) is 12.8 Å². The normalized spacial score (nSPS) is 26.6. The number of carbonyl (C=O) groups excluding carboxylic acids is 2. The number of rotatable bonds is 3. The van der Waals surface area contributed by atoms with E-state index in [2.05, 4.69) is 5.32 Å². The molecule has 3 aliphatic rings. The van der Waals surface area contributed by atoms with E-state index in [1.54, 1.807) is 0 Å². The van der Waals surface area contributed by atoms with Gasteiger partial charge in [0.1, 0.15) is 0 Å². The number of amides is 2. The van der Waals surface area contributed by atoms with E-state index in [1.807, 2.05) is 29.2 Å². The summed E-state index contributed by atoms with van der Waals surface area (Å²) in [5.41, 5.74) is 1.45. The molecule has 1 aromatic rings. The predicted octanol–water partition coefficient (Wildman–Crippen LogP) is 2.82.